The molecule has 0 aliphatic heterocycles. The maximum absolute atomic E-state index is 13.4. The van der Waals surface area contributed by atoms with Crippen molar-refractivity contribution in [1.29, 1.82) is 0 Å². The standard InChI is InChI=1S/C17H17FN2O3/c1-11-6-7-14(9-15(11)18)20-16(21)10-19-13-5-3-4-12(8-13)17(22)23-2/h3-9,19H,10H2,1-2H3,(H,20,21). The molecule has 120 valence electrons. The van der Waals surface area contributed by atoms with Crippen LogP contribution in [0.2, 0.25) is 0 Å². The van der Waals surface area contributed by atoms with Crippen LogP contribution in [0.1, 0.15) is 15.9 Å². The number of carbonyl (C=O) groups excluding carboxylic acids is 2. The van der Waals surface area contributed by atoms with Crippen molar-refractivity contribution < 1.29 is 18.7 Å². The van der Waals surface area contributed by atoms with Crippen LogP contribution in [0.15, 0.2) is 42.5 Å². The fourth-order valence-electron chi connectivity index (χ4n) is 1.93. The minimum atomic E-state index is -0.451. The summed E-state index contributed by atoms with van der Waals surface area (Å²) in [5.74, 6) is -1.15. The van der Waals surface area contributed by atoms with Gasteiger partial charge in [-0.25, -0.2) is 9.18 Å². The van der Waals surface area contributed by atoms with Crippen molar-refractivity contribution in [2.75, 3.05) is 24.3 Å². The fourth-order valence-corrected chi connectivity index (χ4v) is 1.93. The van der Waals surface area contributed by atoms with E-state index in [1.165, 1.54) is 13.2 Å². The average molecular weight is 316 g/mol. The summed E-state index contributed by atoms with van der Waals surface area (Å²) in [6.45, 7) is 1.64. The van der Waals surface area contributed by atoms with Crippen LogP contribution in [-0.2, 0) is 9.53 Å². The van der Waals surface area contributed by atoms with Gasteiger partial charge >= 0.3 is 5.97 Å². The zero-order valence-corrected chi connectivity index (χ0v) is 12.9. The quantitative estimate of drug-likeness (QED) is 0.832. The largest absolute Gasteiger partial charge is 0.465 e. The second-order valence-electron chi connectivity index (χ2n) is 4.94. The van der Waals surface area contributed by atoms with Gasteiger partial charge in [-0.05, 0) is 42.8 Å². The summed E-state index contributed by atoms with van der Waals surface area (Å²) < 4.78 is 18.1. The second kappa shape index (κ2) is 7.40. The van der Waals surface area contributed by atoms with E-state index in [1.54, 1.807) is 43.3 Å². The maximum Gasteiger partial charge on any atom is 0.337 e. The Morgan fingerprint density at radius 1 is 1.13 bits per heavy atom. The molecule has 0 fully saturated rings. The molecule has 0 aliphatic rings. The van der Waals surface area contributed by atoms with Gasteiger partial charge in [-0.15, -0.1) is 0 Å². The van der Waals surface area contributed by atoms with Crippen molar-refractivity contribution in [2.24, 2.45) is 0 Å². The fraction of sp³-hybridized carbons (Fsp3) is 0.176. The van der Waals surface area contributed by atoms with Crippen LogP contribution in [0.5, 0.6) is 0 Å². The van der Waals surface area contributed by atoms with E-state index in [2.05, 4.69) is 15.4 Å². The molecule has 0 unspecified atom stereocenters. The van der Waals surface area contributed by atoms with Gasteiger partial charge in [0.05, 0.1) is 19.2 Å². The van der Waals surface area contributed by atoms with Crippen molar-refractivity contribution in [3.05, 3.63) is 59.4 Å². The van der Waals surface area contributed by atoms with Crippen LogP contribution in [0, 0.1) is 12.7 Å². The van der Waals surface area contributed by atoms with Gasteiger partial charge in [0.25, 0.3) is 0 Å². The minimum absolute atomic E-state index is 0.0138. The first-order valence-electron chi connectivity index (χ1n) is 6.98. The smallest absolute Gasteiger partial charge is 0.337 e. The van der Waals surface area contributed by atoms with Gasteiger partial charge in [0.15, 0.2) is 0 Å². The molecule has 6 heteroatoms. The van der Waals surface area contributed by atoms with E-state index in [0.29, 0.717) is 22.5 Å². The summed E-state index contributed by atoms with van der Waals surface area (Å²) in [4.78, 5) is 23.3. The molecule has 0 atom stereocenters. The molecule has 0 spiro atoms. The molecular weight excluding hydrogens is 299 g/mol. The summed E-state index contributed by atoms with van der Waals surface area (Å²) in [5, 5.41) is 5.49. The first-order chi connectivity index (χ1) is 11.0. The highest BCUT2D eigenvalue weighted by Gasteiger charge is 2.07. The number of methoxy groups -OCH3 is 1. The topological polar surface area (TPSA) is 67.4 Å². The molecule has 2 N–H and O–H groups in total. The third-order valence-electron chi connectivity index (χ3n) is 3.19. The van der Waals surface area contributed by atoms with Gasteiger partial charge in [0, 0.05) is 11.4 Å². The molecule has 0 bridgehead atoms. The molecule has 0 aromatic heterocycles. The number of carbonyl (C=O) groups is 2. The first-order valence-corrected chi connectivity index (χ1v) is 6.98. The van der Waals surface area contributed by atoms with Crippen molar-refractivity contribution in [2.45, 2.75) is 6.92 Å². The van der Waals surface area contributed by atoms with Crippen molar-refractivity contribution in [1.82, 2.24) is 0 Å². The first kappa shape index (κ1) is 16.5. The molecule has 0 heterocycles. The Morgan fingerprint density at radius 3 is 2.61 bits per heavy atom. The van der Waals surface area contributed by atoms with Gasteiger partial charge in [-0.2, -0.15) is 0 Å². The number of amides is 1. The van der Waals surface area contributed by atoms with E-state index in [-0.39, 0.29) is 18.3 Å². The predicted octanol–water partition coefficient (Wildman–Crippen LogP) is 2.97. The van der Waals surface area contributed by atoms with Crippen LogP contribution in [0.3, 0.4) is 0 Å². The van der Waals surface area contributed by atoms with Crippen LogP contribution in [0.25, 0.3) is 0 Å². The summed E-state index contributed by atoms with van der Waals surface area (Å²) in [6.07, 6.45) is 0. The summed E-state index contributed by atoms with van der Waals surface area (Å²) in [7, 11) is 1.30. The van der Waals surface area contributed by atoms with Crippen molar-refractivity contribution >= 4 is 23.3 Å². The summed E-state index contributed by atoms with van der Waals surface area (Å²) in [5.41, 5.74) is 1.90. The monoisotopic (exact) mass is 316 g/mol. The average Bonchev–Trinajstić information content (AvgIpc) is 2.56. The zero-order valence-electron chi connectivity index (χ0n) is 12.9. The highest BCUT2D eigenvalue weighted by Crippen LogP contribution is 2.14. The minimum Gasteiger partial charge on any atom is -0.465 e. The lowest BCUT2D eigenvalue weighted by molar-refractivity contribution is -0.114. The molecule has 1 amide bonds. The van der Waals surface area contributed by atoms with Crippen LogP contribution in [0.4, 0.5) is 15.8 Å². The number of hydrogen-bond donors (Lipinski definition) is 2. The molecule has 0 aliphatic carbocycles. The van der Waals surface area contributed by atoms with Crippen LogP contribution >= 0.6 is 0 Å². The third kappa shape index (κ3) is 4.54. The molecular formula is C17H17FN2O3. The molecule has 2 aromatic rings. The lowest BCUT2D eigenvalue weighted by Crippen LogP contribution is -2.22. The van der Waals surface area contributed by atoms with E-state index < -0.39 is 5.97 Å². The van der Waals surface area contributed by atoms with Gasteiger partial charge in [0.2, 0.25) is 5.91 Å². The number of aryl methyl sites for hydroxylation is 1. The summed E-state index contributed by atoms with van der Waals surface area (Å²) in [6, 6.07) is 11.1. The molecule has 23 heavy (non-hydrogen) atoms. The zero-order chi connectivity index (χ0) is 16.8. The Bertz CT molecular complexity index is 732. The maximum atomic E-state index is 13.4. The van der Waals surface area contributed by atoms with Crippen molar-refractivity contribution in [3.8, 4) is 0 Å². The van der Waals surface area contributed by atoms with Crippen molar-refractivity contribution in [3.63, 3.8) is 0 Å². The number of esters is 1. The number of rotatable bonds is 5. The highest BCUT2D eigenvalue weighted by molar-refractivity contribution is 5.94. The van der Waals surface area contributed by atoms with E-state index >= 15 is 0 Å². The van der Waals surface area contributed by atoms with E-state index in [9.17, 15) is 14.0 Å². The number of nitrogens with one attached hydrogen (secondary N) is 2. The Balaban J connectivity index is 1.94. The van der Waals surface area contributed by atoms with Gasteiger partial charge in [0.1, 0.15) is 5.82 Å². The van der Waals surface area contributed by atoms with Gasteiger partial charge in [-0.1, -0.05) is 12.1 Å². The number of ether oxygens (including phenoxy) is 1. The summed E-state index contributed by atoms with van der Waals surface area (Å²) >= 11 is 0. The van der Waals surface area contributed by atoms with E-state index in [0.717, 1.165) is 0 Å². The number of anilines is 2. The number of benzene rings is 2. The lowest BCUT2D eigenvalue weighted by Gasteiger charge is -2.09. The number of hydrogen-bond acceptors (Lipinski definition) is 4. The normalized spacial score (nSPS) is 10.0. The van der Waals surface area contributed by atoms with E-state index in [1.807, 2.05) is 0 Å². The molecule has 0 saturated heterocycles. The Labute approximate surface area is 133 Å². The third-order valence-corrected chi connectivity index (χ3v) is 3.19. The molecule has 5 nitrogen and oxygen atoms in total. The predicted molar refractivity (Wildman–Crippen MR) is 86.0 cm³/mol. The van der Waals surface area contributed by atoms with Gasteiger partial charge < -0.3 is 15.4 Å². The highest BCUT2D eigenvalue weighted by atomic mass is 19.1. The lowest BCUT2D eigenvalue weighted by atomic mass is 10.2. The van der Waals surface area contributed by atoms with Crippen LogP contribution in [-0.4, -0.2) is 25.5 Å². The van der Waals surface area contributed by atoms with Gasteiger partial charge in [-0.3, -0.25) is 4.79 Å². The number of halogens is 1. The Kier molecular flexibility index (Phi) is 5.30. The molecule has 2 aromatic carbocycles. The Morgan fingerprint density at radius 2 is 1.91 bits per heavy atom. The van der Waals surface area contributed by atoms with Crippen LogP contribution < -0.4 is 10.6 Å². The molecule has 0 saturated carbocycles. The molecule has 0 radical (unpaired) electrons. The van der Waals surface area contributed by atoms with E-state index in [4.69, 9.17) is 0 Å². The SMILES string of the molecule is COC(=O)c1cccc(NCC(=O)Nc2ccc(C)c(F)c2)c1. The molecule has 2 rings (SSSR count). The Hall–Kier alpha value is -2.89. The second-order valence-corrected chi connectivity index (χ2v) is 4.94.